The normalized spacial score (nSPS) is 10.5. The van der Waals surface area contributed by atoms with Gasteiger partial charge in [0.25, 0.3) is 5.89 Å². The molecule has 0 saturated heterocycles. The molecule has 0 N–H and O–H groups in total. The van der Waals surface area contributed by atoms with Crippen molar-refractivity contribution < 1.29 is 18.6 Å². The van der Waals surface area contributed by atoms with Crippen LogP contribution in [0.25, 0.3) is 0 Å². The Morgan fingerprint density at radius 2 is 1.72 bits per heavy atom. The van der Waals surface area contributed by atoms with Gasteiger partial charge >= 0.3 is 0 Å². The molecule has 1 heterocycles. The van der Waals surface area contributed by atoms with E-state index in [2.05, 4.69) is 10.2 Å². The molecule has 130 valence electrons. The molecule has 3 aromatic rings. The van der Waals surface area contributed by atoms with Crippen molar-refractivity contribution in [1.29, 1.82) is 0 Å². The molecule has 0 saturated carbocycles. The average molecular weight is 340 g/mol. The standard InChI is InChI=1S/C19H20N2O4/c1-14-6-5-7-15(12-14)23-11-10-18-20-21-19(25-18)13-24-17-9-4-3-8-16(17)22-2/h3-9,12H,10-11,13H2,1-2H3. The number of aromatic nitrogens is 2. The molecule has 0 unspecified atom stereocenters. The summed E-state index contributed by atoms with van der Waals surface area (Å²) in [5, 5.41) is 8.00. The number of rotatable bonds is 8. The molecule has 2 aromatic carbocycles. The number of methoxy groups -OCH3 is 1. The van der Waals surface area contributed by atoms with E-state index in [0.29, 0.717) is 36.3 Å². The fraction of sp³-hybridized carbons (Fsp3) is 0.263. The second-order valence-electron chi connectivity index (χ2n) is 5.44. The van der Waals surface area contributed by atoms with Crippen LogP contribution < -0.4 is 14.2 Å². The minimum atomic E-state index is 0.187. The van der Waals surface area contributed by atoms with Crippen LogP contribution in [0.15, 0.2) is 52.9 Å². The van der Waals surface area contributed by atoms with Crippen LogP contribution in [0.2, 0.25) is 0 Å². The number of ether oxygens (including phenoxy) is 3. The first-order valence-corrected chi connectivity index (χ1v) is 8.01. The predicted molar refractivity (Wildman–Crippen MR) is 92.0 cm³/mol. The maximum absolute atomic E-state index is 5.68. The van der Waals surface area contributed by atoms with E-state index in [4.69, 9.17) is 18.6 Å². The van der Waals surface area contributed by atoms with E-state index >= 15 is 0 Å². The third-order valence-corrected chi connectivity index (χ3v) is 3.50. The molecular formula is C19H20N2O4. The van der Waals surface area contributed by atoms with Crippen molar-refractivity contribution >= 4 is 0 Å². The van der Waals surface area contributed by atoms with Gasteiger partial charge in [0.2, 0.25) is 5.89 Å². The minimum Gasteiger partial charge on any atom is -0.493 e. The molecule has 3 rings (SSSR count). The molecule has 0 bridgehead atoms. The Balaban J connectivity index is 1.49. The van der Waals surface area contributed by atoms with E-state index in [1.165, 1.54) is 0 Å². The summed E-state index contributed by atoms with van der Waals surface area (Å²) in [6, 6.07) is 15.3. The molecule has 25 heavy (non-hydrogen) atoms. The van der Waals surface area contributed by atoms with E-state index in [-0.39, 0.29) is 6.61 Å². The summed E-state index contributed by atoms with van der Waals surface area (Å²) < 4.78 is 22.2. The van der Waals surface area contributed by atoms with E-state index in [1.54, 1.807) is 7.11 Å². The minimum absolute atomic E-state index is 0.187. The van der Waals surface area contributed by atoms with Crippen LogP contribution in [0, 0.1) is 6.92 Å². The lowest BCUT2D eigenvalue weighted by Gasteiger charge is -2.08. The van der Waals surface area contributed by atoms with E-state index in [9.17, 15) is 0 Å². The van der Waals surface area contributed by atoms with E-state index in [1.807, 2.05) is 55.5 Å². The largest absolute Gasteiger partial charge is 0.493 e. The zero-order valence-corrected chi connectivity index (χ0v) is 14.3. The highest BCUT2D eigenvalue weighted by molar-refractivity contribution is 5.39. The van der Waals surface area contributed by atoms with Crippen LogP contribution >= 0.6 is 0 Å². The van der Waals surface area contributed by atoms with Crippen molar-refractivity contribution in [3.05, 3.63) is 65.9 Å². The first-order chi connectivity index (χ1) is 12.2. The van der Waals surface area contributed by atoms with Crippen LogP contribution in [-0.4, -0.2) is 23.9 Å². The van der Waals surface area contributed by atoms with Gasteiger partial charge in [0.1, 0.15) is 5.75 Å². The summed E-state index contributed by atoms with van der Waals surface area (Å²) in [5.41, 5.74) is 1.16. The lowest BCUT2D eigenvalue weighted by molar-refractivity contribution is 0.243. The first kappa shape index (κ1) is 16.8. The Kier molecular flexibility index (Phi) is 5.51. The molecular weight excluding hydrogens is 320 g/mol. The fourth-order valence-electron chi connectivity index (χ4n) is 2.29. The quantitative estimate of drug-likeness (QED) is 0.624. The van der Waals surface area contributed by atoms with Gasteiger partial charge in [-0.25, -0.2) is 0 Å². The molecule has 0 radical (unpaired) electrons. The number of aryl methyl sites for hydroxylation is 1. The van der Waals surface area contributed by atoms with Gasteiger partial charge in [0.05, 0.1) is 20.1 Å². The molecule has 0 spiro atoms. The van der Waals surface area contributed by atoms with Gasteiger partial charge in [-0.05, 0) is 36.8 Å². The highest BCUT2D eigenvalue weighted by Crippen LogP contribution is 2.26. The lowest BCUT2D eigenvalue weighted by Crippen LogP contribution is -2.01. The molecule has 6 heteroatoms. The van der Waals surface area contributed by atoms with Crippen molar-refractivity contribution in [2.24, 2.45) is 0 Å². The molecule has 0 atom stereocenters. The highest BCUT2D eigenvalue weighted by Gasteiger charge is 2.09. The zero-order chi connectivity index (χ0) is 17.5. The number of hydrogen-bond acceptors (Lipinski definition) is 6. The fourth-order valence-corrected chi connectivity index (χ4v) is 2.29. The van der Waals surface area contributed by atoms with Gasteiger partial charge in [0, 0.05) is 0 Å². The number of nitrogens with zero attached hydrogens (tertiary/aromatic N) is 2. The third-order valence-electron chi connectivity index (χ3n) is 3.50. The maximum Gasteiger partial charge on any atom is 0.253 e. The summed E-state index contributed by atoms with van der Waals surface area (Å²) in [6.45, 7) is 2.68. The zero-order valence-electron chi connectivity index (χ0n) is 14.3. The molecule has 0 fully saturated rings. The maximum atomic E-state index is 5.68. The topological polar surface area (TPSA) is 66.6 Å². The molecule has 6 nitrogen and oxygen atoms in total. The van der Waals surface area contributed by atoms with E-state index < -0.39 is 0 Å². The molecule has 0 amide bonds. The Labute approximate surface area is 146 Å². The van der Waals surface area contributed by atoms with Crippen molar-refractivity contribution in [2.45, 2.75) is 20.0 Å². The van der Waals surface area contributed by atoms with Crippen LogP contribution in [0.1, 0.15) is 17.3 Å². The highest BCUT2D eigenvalue weighted by atomic mass is 16.5. The van der Waals surface area contributed by atoms with Crippen molar-refractivity contribution in [3.8, 4) is 17.2 Å². The molecule has 0 aliphatic heterocycles. The summed E-state index contributed by atoms with van der Waals surface area (Å²) in [4.78, 5) is 0. The smallest absolute Gasteiger partial charge is 0.253 e. The van der Waals surface area contributed by atoms with Gasteiger partial charge in [0.15, 0.2) is 18.1 Å². The van der Waals surface area contributed by atoms with Crippen molar-refractivity contribution in [3.63, 3.8) is 0 Å². The summed E-state index contributed by atoms with van der Waals surface area (Å²) in [5.74, 6) is 3.06. The van der Waals surface area contributed by atoms with E-state index in [0.717, 1.165) is 11.3 Å². The lowest BCUT2D eigenvalue weighted by atomic mass is 10.2. The molecule has 0 aliphatic rings. The Morgan fingerprint density at radius 3 is 2.52 bits per heavy atom. The number of para-hydroxylation sites is 2. The second-order valence-corrected chi connectivity index (χ2v) is 5.44. The SMILES string of the molecule is COc1ccccc1OCc1nnc(CCOc2cccc(C)c2)o1. The van der Waals surface area contributed by atoms with Crippen LogP contribution in [0.5, 0.6) is 17.2 Å². The van der Waals surface area contributed by atoms with Crippen molar-refractivity contribution in [2.75, 3.05) is 13.7 Å². The monoisotopic (exact) mass is 340 g/mol. The van der Waals surface area contributed by atoms with Crippen LogP contribution in [0.4, 0.5) is 0 Å². The van der Waals surface area contributed by atoms with Crippen molar-refractivity contribution in [1.82, 2.24) is 10.2 Å². The Hall–Kier alpha value is -3.02. The van der Waals surface area contributed by atoms with Crippen LogP contribution in [-0.2, 0) is 13.0 Å². The third kappa shape index (κ3) is 4.73. The summed E-state index contributed by atoms with van der Waals surface area (Å²) in [6.07, 6.45) is 0.537. The van der Waals surface area contributed by atoms with Gasteiger partial charge < -0.3 is 18.6 Å². The Bertz CT molecular complexity index is 816. The molecule has 1 aromatic heterocycles. The number of hydrogen-bond donors (Lipinski definition) is 0. The predicted octanol–water partition coefficient (Wildman–Crippen LogP) is 3.59. The molecule has 0 aliphatic carbocycles. The van der Waals surface area contributed by atoms with Gasteiger partial charge in [-0.1, -0.05) is 24.3 Å². The summed E-state index contributed by atoms with van der Waals surface area (Å²) >= 11 is 0. The van der Waals surface area contributed by atoms with Gasteiger partial charge in [-0.3, -0.25) is 0 Å². The Morgan fingerprint density at radius 1 is 0.920 bits per heavy atom. The van der Waals surface area contributed by atoms with Gasteiger partial charge in [-0.2, -0.15) is 0 Å². The van der Waals surface area contributed by atoms with Gasteiger partial charge in [-0.15, -0.1) is 10.2 Å². The summed E-state index contributed by atoms with van der Waals surface area (Å²) in [7, 11) is 1.60. The number of benzene rings is 2. The first-order valence-electron chi connectivity index (χ1n) is 8.01. The average Bonchev–Trinajstić information content (AvgIpc) is 3.08. The van der Waals surface area contributed by atoms with Crippen LogP contribution in [0.3, 0.4) is 0 Å². The second kappa shape index (κ2) is 8.19.